The summed E-state index contributed by atoms with van der Waals surface area (Å²) >= 11 is 0. The van der Waals surface area contributed by atoms with Crippen molar-refractivity contribution in [1.82, 2.24) is 5.32 Å². The molecule has 1 amide bonds. The van der Waals surface area contributed by atoms with Crippen molar-refractivity contribution in [2.24, 2.45) is 0 Å². The third-order valence-corrected chi connectivity index (χ3v) is 2.80. The highest BCUT2D eigenvalue weighted by atomic mass is 16.1. The van der Waals surface area contributed by atoms with Crippen molar-refractivity contribution < 1.29 is 4.79 Å². The first-order chi connectivity index (χ1) is 8.69. The molecule has 0 radical (unpaired) electrons. The summed E-state index contributed by atoms with van der Waals surface area (Å²) in [7, 11) is 0. The van der Waals surface area contributed by atoms with Gasteiger partial charge in [0.2, 0.25) is 0 Å². The number of unbranched alkanes of at least 4 members (excludes halogenated alkanes) is 1. The van der Waals surface area contributed by atoms with E-state index in [1.807, 2.05) is 25.1 Å². The van der Waals surface area contributed by atoms with E-state index in [2.05, 4.69) is 24.5 Å². The molecule has 1 rings (SSSR count). The van der Waals surface area contributed by atoms with E-state index in [1.165, 1.54) is 5.56 Å². The van der Waals surface area contributed by atoms with Gasteiger partial charge in [-0.05, 0) is 37.5 Å². The minimum atomic E-state index is 0.0158. The van der Waals surface area contributed by atoms with Crippen LogP contribution in [-0.4, -0.2) is 19.0 Å². The van der Waals surface area contributed by atoms with Gasteiger partial charge in [0.05, 0.1) is 5.56 Å². The fourth-order valence-electron chi connectivity index (χ4n) is 1.74. The fraction of sp³-hybridized carbons (Fsp3) is 0.533. The van der Waals surface area contributed by atoms with Crippen LogP contribution in [0.4, 0.5) is 5.69 Å². The average Bonchev–Trinajstić information content (AvgIpc) is 2.36. The Labute approximate surface area is 110 Å². The van der Waals surface area contributed by atoms with Crippen molar-refractivity contribution >= 4 is 11.6 Å². The lowest BCUT2D eigenvalue weighted by atomic mass is 10.1. The van der Waals surface area contributed by atoms with E-state index in [1.54, 1.807) is 0 Å². The summed E-state index contributed by atoms with van der Waals surface area (Å²) in [6.07, 6.45) is 3.16. The van der Waals surface area contributed by atoms with Crippen molar-refractivity contribution in [3.05, 3.63) is 29.3 Å². The number of nitrogens with one attached hydrogen (secondary N) is 2. The average molecular weight is 248 g/mol. The van der Waals surface area contributed by atoms with Gasteiger partial charge in [0, 0.05) is 18.8 Å². The van der Waals surface area contributed by atoms with E-state index >= 15 is 0 Å². The highest BCUT2D eigenvalue weighted by molar-refractivity contribution is 5.99. The van der Waals surface area contributed by atoms with Crippen LogP contribution in [0.3, 0.4) is 0 Å². The van der Waals surface area contributed by atoms with Gasteiger partial charge in [-0.15, -0.1) is 0 Å². The summed E-state index contributed by atoms with van der Waals surface area (Å²) in [5.41, 5.74) is 2.84. The Morgan fingerprint density at radius 3 is 2.61 bits per heavy atom. The third-order valence-electron chi connectivity index (χ3n) is 2.80. The van der Waals surface area contributed by atoms with E-state index in [-0.39, 0.29) is 5.91 Å². The van der Waals surface area contributed by atoms with Gasteiger partial charge < -0.3 is 10.6 Å². The van der Waals surface area contributed by atoms with Crippen molar-refractivity contribution in [2.45, 2.75) is 40.0 Å². The molecule has 18 heavy (non-hydrogen) atoms. The molecule has 100 valence electrons. The van der Waals surface area contributed by atoms with Gasteiger partial charge in [-0.2, -0.15) is 0 Å². The predicted octanol–water partition coefficient (Wildman–Crippen LogP) is 3.35. The second-order valence-corrected chi connectivity index (χ2v) is 4.59. The molecule has 0 heterocycles. The molecule has 0 aliphatic carbocycles. The zero-order valence-corrected chi connectivity index (χ0v) is 11.7. The molecule has 1 aromatic carbocycles. The number of hydrogen-bond acceptors (Lipinski definition) is 2. The number of carbonyl (C=O) groups is 1. The number of amides is 1. The molecular formula is C15H24N2O. The van der Waals surface area contributed by atoms with E-state index in [4.69, 9.17) is 0 Å². The summed E-state index contributed by atoms with van der Waals surface area (Å²) in [6.45, 7) is 7.90. The molecule has 0 bridgehead atoms. The molecule has 0 atom stereocenters. The summed E-state index contributed by atoms with van der Waals surface area (Å²) < 4.78 is 0. The number of anilines is 1. The molecule has 0 saturated carbocycles. The molecule has 0 aliphatic heterocycles. The fourth-order valence-corrected chi connectivity index (χ4v) is 1.74. The second kappa shape index (κ2) is 7.75. The largest absolute Gasteiger partial charge is 0.384 e. The molecule has 0 aliphatic rings. The van der Waals surface area contributed by atoms with Crippen LogP contribution in [0.25, 0.3) is 0 Å². The second-order valence-electron chi connectivity index (χ2n) is 4.59. The molecule has 0 unspecified atom stereocenters. The number of rotatable bonds is 7. The Morgan fingerprint density at radius 1 is 1.17 bits per heavy atom. The Hall–Kier alpha value is -1.51. The topological polar surface area (TPSA) is 41.1 Å². The first-order valence-corrected chi connectivity index (χ1v) is 6.81. The smallest absolute Gasteiger partial charge is 0.253 e. The summed E-state index contributed by atoms with van der Waals surface area (Å²) in [6, 6.07) is 5.91. The van der Waals surface area contributed by atoms with Crippen LogP contribution in [-0.2, 0) is 0 Å². The van der Waals surface area contributed by atoms with Crippen LogP contribution in [0.1, 0.15) is 49.0 Å². The minimum Gasteiger partial charge on any atom is -0.384 e. The van der Waals surface area contributed by atoms with E-state index in [0.717, 1.165) is 43.6 Å². The molecule has 0 saturated heterocycles. The zero-order valence-electron chi connectivity index (χ0n) is 11.7. The van der Waals surface area contributed by atoms with Crippen molar-refractivity contribution in [2.75, 3.05) is 18.4 Å². The van der Waals surface area contributed by atoms with Gasteiger partial charge in [0.25, 0.3) is 5.91 Å². The van der Waals surface area contributed by atoms with Crippen molar-refractivity contribution in [3.8, 4) is 0 Å². The molecule has 3 nitrogen and oxygen atoms in total. The van der Waals surface area contributed by atoms with Gasteiger partial charge in [-0.3, -0.25) is 4.79 Å². The lowest BCUT2D eigenvalue weighted by Crippen LogP contribution is -2.25. The standard InChI is InChI=1S/C15H24N2O/c1-4-6-10-17-15(18)13-8-7-12(3)11-14(13)16-9-5-2/h7-8,11,16H,4-6,9-10H2,1-3H3,(H,17,18). The van der Waals surface area contributed by atoms with Crippen LogP contribution < -0.4 is 10.6 Å². The quantitative estimate of drug-likeness (QED) is 0.727. The van der Waals surface area contributed by atoms with Crippen LogP contribution >= 0.6 is 0 Å². The number of carbonyl (C=O) groups excluding carboxylic acids is 1. The van der Waals surface area contributed by atoms with Gasteiger partial charge >= 0.3 is 0 Å². The number of benzene rings is 1. The van der Waals surface area contributed by atoms with Crippen LogP contribution in [0.15, 0.2) is 18.2 Å². The maximum Gasteiger partial charge on any atom is 0.253 e. The van der Waals surface area contributed by atoms with Crippen LogP contribution in [0.2, 0.25) is 0 Å². The Balaban J connectivity index is 2.75. The molecular weight excluding hydrogens is 224 g/mol. The summed E-state index contributed by atoms with van der Waals surface area (Å²) in [5, 5.41) is 6.27. The highest BCUT2D eigenvalue weighted by Gasteiger charge is 2.10. The first-order valence-electron chi connectivity index (χ1n) is 6.81. The third kappa shape index (κ3) is 4.40. The van der Waals surface area contributed by atoms with Gasteiger partial charge in [0.15, 0.2) is 0 Å². The lowest BCUT2D eigenvalue weighted by molar-refractivity contribution is 0.0954. The Bertz CT molecular complexity index is 388. The van der Waals surface area contributed by atoms with Crippen molar-refractivity contribution in [1.29, 1.82) is 0 Å². The molecule has 0 spiro atoms. The van der Waals surface area contributed by atoms with E-state index in [0.29, 0.717) is 0 Å². The van der Waals surface area contributed by atoms with Gasteiger partial charge in [-0.1, -0.05) is 26.3 Å². The maximum absolute atomic E-state index is 12.1. The maximum atomic E-state index is 12.1. The molecule has 0 fully saturated rings. The van der Waals surface area contributed by atoms with Gasteiger partial charge in [0.1, 0.15) is 0 Å². The normalized spacial score (nSPS) is 10.2. The van der Waals surface area contributed by atoms with Crippen LogP contribution in [0.5, 0.6) is 0 Å². The highest BCUT2D eigenvalue weighted by Crippen LogP contribution is 2.17. The van der Waals surface area contributed by atoms with E-state index < -0.39 is 0 Å². The summed E-state index contributed by atoms with van der Waals surface area (Å²) in [4.78, 5) is 12.1. The predicted molar refractivity (Wildman–Crippen MR) is 77.2 cm³/mol. The number of aryl methyl sites for hydroxylation is 1. The molecule has 2 N–H and O–H groups in total. The monoisotopic (exact) mass is 248 g/mol. The SMILES string of the molecule is CCCCNC(=O)c1ccc(C)cc1NCCC. The Kier molecular flexibility index (Phi) is 6.26. The van der Waals surface area contributed by atoms with E-state index in [9.17, 15) is 4.79 Å². The first kappa shape index (κ1) is 14.6. The van der Waals surface area contributed by atoms with Gasteiger partial charge in [-0.25, -0.2) is 0 Å². The Morgan fingerprint density at radius 2 is 1.94 bits per heavy atom. The molecule has 1 aromatic rings. The minimum absolute atomic E-state index is 0.0158. The lowest BCUT2D eigenvalue weighted by Gasteiger charge is -2.12. The number of hydrogen-bond donors (Lipinski definition) is 2. The molecule has 0 aromatic heterocycles. The molecule has 3 heteroatoms. The van der Waals surface area contributed by atoms with Crippen molar-refractivity contribution in [3.63, 3.8) is 0 Å². The summed E-state index contributed by atoms with van der Waals surface area (Å²) in [5.74, 6) is 0.0158. The zero-order chi connectivity index (χ0) is 13.4. The van der Waals surface area contributed by atoms with Crippen LogP contribution in [0, 0.1) is 6.92 Å².